The third kappa shape index (κ3) is 8.91. The lowest BCUT2D eigenvalue weighted by molar-refractivity contribution is -0.274. The maximum absolute atomic E-state index is 12.2. The number of nitrogens with one attached hydrogen (secondary N) is 1. The number of rotatable bonds is 6. The van der Waals surface area contributed by atoms with Gasteiger partial charge in [0.05, 0.1) is 6.54 Å². The molecule has 0 unspecified atom stereocenters. The zero-order valence-corrected chi connectivity index (χ0v) is 19.6. The van der Waals surface area contributed by atoms with Crippen LogP contribution in [0.3, 0.4) is 0 Å². The van der Waals surface area contributed by atoms with Crippen molar-refractivity contribution in [1.29, 1.82) is 0 Å². The largest absolute Gasteiger partial charge is 0.573 e. The van der Waals surface area contributed by atoms with Gasteiger partial charge >= 0.3 is 6.36 Å². The quantitative estimate of drug-likeness (QED) is 0.326. The molecule has 1 saturated heterocycles. The van der Waals surface area contributed by atoms with Gasteiger partial charge in [0.1, 0.15) is 5.75 Å². The minimum atomic E-state index is -4.71. The van der Waals surface area contributed by atoms with E-state index in [1.54, 1.807) is 0 Å². The van der Waals surface area contributed by atoms with Crippen molar-refractivity contribution >= 4 is 35.6 Å². The van der Waals surface area contributed by atoms with E-state index in [9.17, 15) is 13.2 Å². The highest BCUT2D eigenvalue weighted by Gasteiger charge is 2.30. The first-order valence-corrected chi connectivity index (χ1v) is 9.68. The molecule has 0 aliphatic carbocycles. The smallest absolute Gasteiger partial charge is 0.406 e. The molecule has 1 heterocycles. The van der Waals surface area contributed by atoms with Gasteiger partial charge in [0, 0.05) is 38.4 Å². The maximum atomic E-state index is 12.2. The Balaban J connectivity index is 0.00000341. The molecule has 6 nitrogen and oxygen atoms in total. The topological polar surface area (TPSA) is 66.1 Å². The van der Waals surface area contributed by atoms with Crippen LogP contribution < -0.4 is 15.8 Å². The number of halogens is 4. The van der Waals surface area contributed by atoms with Crippen LogP contribution in [0.4, 0.5) is 18.9 Å². The van der Waals surface area contributed by atoms with Crippen LogP contribution in [0.2, 0.25) is 0 Å². The Morgan fingerprint density at radius 1 is 1.00 bits per heavy atom. The van der Waals surface area contributed by atoms with Gasteiger partial charge < -0.3 is 20.7 Å². The Labute approximate surface area is 197 Å². The summed E-state index contributed by atoms with van der Waals surface area (Å²) in [6.45, 7) is 5.69. The van der Waals surface area contributed by atoms with Gasteiger partial charge in [-0.05, 0) is 42.4 Å². The van der Waals surface area contributed by atoms with Gasteiger partial charge in [0.2, 0.25) is 0 Å². The van der Waals surface area contributed by atoms with E-state index in [4.69, 9.17) is 5.73 Å². The fraction of sp³-hybridized carbons (Fsp3) is 0.381. The summed E-state index contributed by atoms with van der Waals surface area (Å²) in [4.78, 5) is 9.06. The molecule has 0 bridgehead atoms. The Kier molecular flexibility index (Phi) is 9.38. The summed E-state index contributed by atoms with van der Waals surface area (Å²) in [5.41, 5.74) is 8.68. The van der Waals surface area contributed by atoms with Crippen molar-refractivity contribution < 1.29 is 17.9 Å². The van der Waals surface area contributed by atoms with Crippen LogP contribution in [-0.2, 0) is 13.1 Å². The zero-order chi connectivity index (χ0) is 21.6. The number of benzene rings is 2. The molecule has 0 radical (unpaired) electrons. The number of hydrogen-bond acceptors (Lipinski definition) is 4. The summed E-state index contributed by atoms with van der Waals surface area (Å²) in [6, 6.07) is 13.6. The second-order valence-corrected chi connectivity index (χ2v) is 7.29. The van der Waals surface area contributed by atoms with E-state index in [0.717, 1.165) is 38.3 Å². The van der Waals surface area contributed by atoms with Crippen molar-refractivity contribution in [1.82, 2.24) is 9.80 Å². The number of aliphatic imine (C=N–C) groups is 1. The highest BCUT2D eigenvalue weighted by molar-refractivity contribution is 14.0. The van der Waals surface area contributed by atoms with Gasteiger partial charge in [-0.15, -0.1) is 37.1 Å². The van der Waals surface area contributed by atoms with Crippen molar-refractivity contribution in [2.75, 3.05) is 38.5 Å². The minimum absolute atomic E-state index is 0. The predicted molar refractivity (Wildman–Crippen MR) is 127 cm³/mol. The zero-order valence-electron chi connectivity index (χ0n) is 17.2. The summed E-state index contributed by atoms with van der Waals surface area (Å²) in [6.07, 6.45) is -4.71. The first-order chi connectivity index (χ1) is 14.3. The molecule has 3 rings (SSSR count). The van der Waals surface area contributed by atoms with Gasteiger partial charge in [0.15, 0.2) is 5.96 Å². The molecule has 1 fully saturated rings. The van der Waals surface area contributed by atoms with Gasteiger partial charge in [0.25, 0.3) is 0 Å². The fourth-order valence-corrected chi connectivity index (χ4v) is 3.12. The first-order valence-electron chi connectivity index (χ1n) is 9.68. The van der Waals surface area contributed by atoms with Crippen LogP contribution in [-0.4, -0.2) is 55.3 Å². The Morgan fingerprint density at radius 2 is 1.58 bits per heavy atom. The lowest BCUT2D eigenvalue weighted by Crippen LogP contribution is -2.43. The average Bonchev–Trinajstić information content (AvgIpc) is 2.70. The van der Waals surface area contributed by atoms with Crippen LogP contribution in [0.25, 0.3) is 0 Å². The van der Waals surface area contributed by atoms with Crippen molar-refractivity contribution in [2.45, 2.75) is 19.5 Å². The molecule has 31 heavy (non-hydrogen) atoms. The van der Waals surface area contributed by atoms with Crippen LogP contribution in [0, 0.1) is 0 Å². The van der Waals surface area contributed by atoms with Crippen LogP contribution in [0.15, 0.2) is 53.5 Å². The van der Waals surface area contributed by atoms with Crippen LogP contribution in [0.5, 0.6) is 5.75 Å². The van der Waals surface area contributed by atoms with E-state index >= 15 is 0 Å². The van der Waals surface area contributed by atoms with Gasteiger partial charge in [-0.3, -0.25) is 4.90 Å². The monoisotopic (exact) mass is 549 g/mol. The Hall–Kier alpha value is -2.05. The average molecular weight is 549 g/mol. The van der Waals surface area contributed by atoms with E-state index in [1.165, 1.54) is 29.8 Å². The van der Waals surface area contributed by atoms with E-state index in [0.29, 0.717) is 12.2 Å². The van der Waals surface area contributed by atoms with E-state index in [-0.39, 0.29) is 35.7 Å². The summed E-state index contributed by atoms with van der Waals surface area (Å²) in [7, 11) is 2.14. The predicted octanol–water partition coefficient (Wildman–Crippen LogP) is 3.88. The molecular formula is C21H27F3IN5O. The number of likely N-dealkylation sites (N-methyl/N-ethyl adjacent to an activating group) is 1. The standard InChI is InChI=1S/C21H26F3N5O.HI/c1-28-10-12-29(13-11-28)15-17-4-2-16(3-5-17)14-26-20(25)27-18-6-8-19(9-7-18)30-21(22,23)24;/h2-9H,10-15H2,1H3,(H3,25,26,27);1H. The summed E-state index contributed by atoms with van der Waals surface area (Å²) in [5, 5.41) is 2.85. The number of nitrogens with two attached hydrogens (primary N) is 1. The van der Waals surface area contributed by atoms with E-state index in [2.05, 4.69) is 44.0 Å². The third-order valence-electron chi connectivity index (χ3n) is 4.82. The fourth-order valence-electron chi connectivity index (χ4n) is 3.12. The Morgan fingerprint density at radius 3 is 2.16 bits per heavy atom. The van der Waals surface area contributed by atoms with Crippen molar-refractivity contribution in [3.63, 3.8) is 0 Å². The van der Waals surface area contributed by atoms with Crippen molar-refractivity contribution in [3.05, 3.63) is 59.7 Å². The van der Waals surface area contributed by atoms with E-state index in [1.807, 2.05) is 12.1 Å². The highest BCUT2D eigenvalue weighted by Crippen LogP contribution is 2.23. The molecule has 0 spiro atoms. The minimum Gasteiger partial charge on any atom is -0.406 e. The number of hydrogen-bond donors (Lipinski definition) is 2. The molecule has 0 atom stereocenters. The highest BCUT2D eigenvalue weighted by atomic mass is 127. The molecule has 0 amide bonds. The lowest BCUT2D eigenvalue weighted by Gasteiger charge is -2.32. The molecular weight excluding hydrogens is 522 g/mol. The number of alkyl halides is 3. The number of ether oxygens (including phenoxy) is 1. The lowest BCUT2D eigenvalue weighted by atomic mass is 10.1. The number of guanidine groups is 1. The summed E-state index contributed by atoms with van der Waals surface area (Å²) in [5.74, 6) is -0.110. The van der Waals surface area contributed by atoms with Crippen LogP contribution >= 0.6 is 24.0 Å². The SMILES string of the molecule is CN1CCN(Cc2ccc(CN=C(N)Nc3ccc(OC(F)(F)F)cc3)cc2)CC1.I. The Bertz CT molecular complexity index is 836. The molecule has 0 saturated carbocycles. The van der Waals surface area contributed by atoms with Gasteiger partial charge in [-0.1, -0.05) is 24.3 Å². The molecule has 2 aromatic carbocycles. The summed E-state index contributed by atoms with van der Waals surface area (Å²) >= 11 is 0. The van der Waals surface area contributed by atoms with E-state index < -0.39 is 6.36 Å². The van der Waals surface area contributed by atoms with Gasteiger partial charge in [-0.2, -0.15) is 0 Å². The normalized spacial score (nSPS) is 15.9. The molecule has 1 aliphatic heterocycles. The number of piperazine rings is 1. The summed E-state index contributed by atoms with van der Waals surface area (Å²) < 4.78 is 40.4. The third-order valence-corrected chi connectivity index (χ3v) is 4.82. The molecule has 3 N–H and O–H groups in total. The van der Waals surface area contributed by atoms with Crippen LogP contribution in [0.1, 0.15) is 11.1 Å². The maximum Gasteiger partial charge on any atom is 0.573 e. The molecule has 2 aromatic rings. The van der Waals surface area contributed by atoms with Gasteiger partial charge in [-0.25, -0.2) is 4.99 Å². The molecule has 1 aliphatic rings. The molecule has 10 heteroatoms. The number of anilines is 1. The molecule has 170 valence electrons. The second-order valence-electron chi connectivity index (χ2n) is 7.29. The second kappa shape index (κ2) is 11.5. The van der Waals surface area contributed by atoms with Crippen molar-refractivity contribution in [2.24, 2.45) is 10.7 Å². The van der Waals surface area contributed by atoms with Crippen molar-refractivity contribution in [3.8, 4) is 5.75 Å². The number of nitrogens with zero attached hydrogens (tertiary/aromatic N) is 3. The molecule has 0 aromatic heterocycles. The first kappa shape index (κ1) is 25.2.